The second-order valence-electron chi connectivity index (χ2n) is 30.7. The second kappa shape index (κ2) is 18.4. The Kier molecular flexibility index (Phi) is 12.1. The van der Waals surface area contributed by atoms with Crippen molar-refractivity contribution in [3.63, 3.8) is 0 Å². The highest BCUT2D eigenvalue weighted by Crippen LogP contribution is 2.57. The molecular formula is C80H82N4. The van der Waals surface area contributed by atoms with E-state index < -0.39 is 0 Å². The smallest absolute Gasteiger partial charge is 0.0992 e. The third-order valence-electron chi connectivity index (χ3n) is 18.6. The first-order valence-corrected chi connectivity index (χ1v) is 30.5. The van der Waals surface area contributed by atoms with E-state index in [1.165, 1.54) is 110 Å². The van der Waals surface area contributed by atoms with Gasteiger partial charge < -0.3 is 13.7 Å². The molecule has 0 saturated heterocycles. The Bertz CT molecular complexity index is 4640. The van der Waals surface area contributed by atoms with Crippen molar-refractivity contribution >= 4 is 65.4 Å². The summed E-state index contributed by atoms with van der Waals surface area (Å²) in [5, 5.41) is 18.3. The van der Waals surface area contributed by atoms with E-state index in [9.17, 15) is 5.26 Å². The summed E-state index contributed by atoms with van der Waals surface area (Å²) in [4.78, 5) is 0. The van der Waals surface area contributed by atoms with E-state index in [2.05, 4.69) is 302 Å². The van der Waals surface area contributed by atoms with Gasteiger partial charge in [-0.05, 0) is 173 Å². The largest absolute Gasteiger partial charge is 0.309 e. The molecule has 0 bridgehead atoms. The molecule has 0 fully saturated rings. The third kappa shape index (κ3) is 8.66. The summed E-state index contributed by atoms with van der Waals surface area (Å²) in [5.41, 5.74) is 24.9. The Morgan fingerprint density at radius 2 is 0.702 bits per heavy atom. The number of aromatic nitrogens is 3. The summed E-state index contributed by atoms with van der Waals surface area (Å²) in [5.74, 6) is -0.123. The highest BCUT2D eigenvalue weighted by Gasteiger charge is 2.38. The topological polar surface area (TPSA) is 38.6 Å². The van der Waals surface area contributed by atoms with Crippen molar-refractivity contribution in [3.05, 3.63) is 219 Å². The molecular weight excluding hydrogens is 1020 g/mol. The molecule has 0 radical (unpaired) electrons. The predicted molar refractivity (Wildman–Crippen MR) is 359 cm³/mol. The normalized spacial score (nSPS) is 14.4. The van der Waals surface area contributed by atoms with Crippen molar-refractivity contribution in [2.45, 2.75) is 163 Å². The maximum absolute atomic E-state index is 10.8. The summed E-state index contributed by atoms with van der Waals surface area (Å²) in [7, 11) is 0. The predicted octanol–water partition coefficient (Wildman–Crippen LogP) is 21.8. The zero-order valence-corrected chi connectivity index (χ0v) is 53.0. The minimum Gasteiger partial charge on any atom is -0.309 e. The van der Waals surface area contributed by atoms with Gasteiger partial charge in [0.15, 0.2) is 0 Å². The number of nitriles is 1. The van der Waals surface area contributed by atoms with Crippen LogP contribution < -0.4 is 0 Å². The van der Waals surface area contributed by atoms with Gasteiger partial charge in [0.25, 0.3) is 0 Å². The van der Waals surface area contributed by atoms with Crippen LogP contribution in [0.5, 0.6) is 0 Å². The summed E-state index contributed by atoms with van der Waals surface area (Å²) >= 11 is 0. The molecule has 0 saturated carbocycles. The minimum atomic E-state index is -0.123. The van der Waals surface area contributed by atoms with E-state index in [0.717, 1.165) is 33.4 Å². The van der Waals surface area contributed by atoms with Crippen LogP contribution in [0.2, 0.25) is 0 Å². The number of hydrogen-bond acceptors (Lipinski definition) is 1. The minimum absolute atomic E-state index is 0.0453. The average molecular weight is 1100 g/mol. The highest BCUT2D eigenvalue weighted by atomic mass is 15.1. The van der Waals surface area contributed by atoms with Gasteiger partial charge in [-0.1, -0.05) is 210 Å². The lowest BCUT2D eigenvalue weighted by Gasteiger charge is -2.28. The van der Waals surface area contributed by atoms with Crippen LogP contribution in [0.4, 0.5) is 0 Å². The van der Waals surface area contributed by atoms with Crippen LogP contribution in [-0.2, 0) is 32.5 Å². The van der Waals surface area contributed by atoms with Crippen molar-refractivity contribution in [2.75, 3.05) is 0 Å². The lowest BCUT2D eigenvalue weighted by molar-refractivity contribution is 0.566. The fourth-order valence-corrected chi connectivity index (χ4v) is 13.7. The molecule has 1 unspecified atom stereocenters. The third-order valence-corrected chi connectivity index (χ3v) is 18.6. The van der Waals surface area contributed by atoms with E-state index in [-0.39, 0.29) is 38.4 Å². The first-order valence-electron chi connectivity index (χ1n) is 30.5. The highest BCUT2D eigenvalue weighted by molar-refractivity contribution is 6.19. The zero-order valence-electron chi connectivity index (χ0n) is 53.0. The van der Waals surface area contributed by atoms with Crippen molar-refractivity contribution in [1.29, 1.82) is 5.26 Å². The number of benzene rings is 9. The Labute approximate surface area is 498 Å². The SMILES string of the molecule is CC(C)(C)c1cc(C2c3c(ccc4c3c3ccccc3n4-c3cc(C(C)(C)C)cc(C(C)(C)C)c3)-c3ccc4c(c32)c2ccccc2n4-c2ccc(C#N)cc2-n2c3ccc(C(C)(C)C)cc3c3cc(C(C)(C)C)ccc32)cc(C(C)(C)C)c1. The number of rotatable bonds is 4. The van der Waals surface area contributed by atoms with Crippen LogP contribution in [0.25, 0.3) is 93.6 Å². The van der Waals surface area contributed by atoms with Crippen molar-refractivity contribution in [1.82, 2.24) is 13.7 Å². The molecule has 84 heavy (non-hydrogen) atoms. The van der Waals surface area contributed by atoms with E-state index in [1.807, 2.05) is 6.07 Å². The van der Waals surface area contributed by atoms with Gasteiger partial charge in [-0.15, -0.1) is 0 Å². The molecule has 4 heteroatoms. The molecule has 12 aromatic rings. The van der Waals surface area contributed by atoms with Gasteiger partial charge in [0.2, 0.25) is 0 Å². The van der Waals surface area contributed by atoms with Gasteiger partial charge >= 0.3 is 0 Å². The quantitative estimate of drug-likeness (QED) is 0.173. The number of fused-ring (bicyclic) bond motifs is 14. The van der Waals surface area contributed by atoms with Gasteiger partial charge in [0.1, 0.15) is 0 Å². The molecule has 3 heterocycles. The Balaban J connectivity index is 1.15. The van der Waals surface area contributed by atoms with Gasteiger partial charge in [0.05, 0.1) is 56.1 Å². The fourth-order valence-electron chi connectivity index (χ4n) is 13.7. The van der Waals surface area contributed by atoms with E-state index in [0.29, 0.717) is 5.56 Å². The standard InChI is InChI=1S/C80H82N4/c1-75(2,3)49-28-33-64-60(44-49)61-45-50(76(4,5)6)29-34-65(61)83(64)69-37-47(46-81)27-32-66(69)84-63-26-22-20-24-59(63)72-68(84)36-31-57-56-30-35-67-71(73(56)70(74(57)72)48-38-51(77(7,8)9)40-52(39-48)78(10,11)12)58-23-19-21-25-62(58)82(67)55-42-53(79(13,14)15)41-54(43-55)80(16,17)18/h19-45,70H,1-18H3. The molecule has 0 spiro atoms. The van der Waals surface area contributed by atoms with E-state index in [4.69, 9.17) is 0 Å². The summed E-state index contributed by atoms with van der Waals surface area (Å²) in [6.45, 7) is 42.0. The Hall–Kier alpha value is -8.13. The average Bonchev–Trinajstić information content (AvgIpc) is 1.55. The lowest BCUT2D eigenvalue weighted by atomic mass is 9.76. The molecule has 3 aromatic heterocycles. The summed E-state index contributed by atoms with van der Waals surface area (Å²) in [6.07, 6.45) is 0. The van der Waals surface area contributed by atoms with Crippen LogP contribution in [0.3, 0.4) is 0 Å². The molecule has 0 amide bonds. The monoisotopic (exact) mass is 1100 g/mol. The molecule has 4 nitrogen and oxygen atoms in total. The van der Waals surface area contributed by atoms with Gasteiger partial charge in [-0.25, -0.2) is 0 Å². The molecule has 0 N–H and O–H groups in total. The van der Waals surface area contributed by atoms with Crippen LogP contribution in [0, 0.1) is 11.3 Å². The molecule has 1 aliphatic rings. The maximum atomic E-state index is 10.8. The van der Waals surface area contributed by atoms with Crippen molar-refractivity contribution < 1.29 is 0 Å². The molecule has 13 rings (SSSR count). The number of hydrogen-bond donors (Lipinski definition) is 0. The molecule has 1 aliphatic carbocycles. The summed E-state index contributed by atoms with van der Waals surface area (Å²) in [6, 6.07) is 65.8. The first kappa shape index (κ1) is 55.1. The van der Waals surface area contributed by atoms with Gasteiger partial charge in [-0.2, -0.15) is 5.26 Å². The second-order valence-corrected chi connectivity index (χ2v) is 30.7. The zero-order chi connectivity index (χ0) is 59.7. The van der Waals surface area contributed by atoms with Crippen LogP contribution in [0.15, 0.2) is 164 Å². The van der Waals surface area contributed by atoms with Crippen molar-refractivity contribution in [2.24, 2.45) is 0 Å². The number of nitrogens with zero attached hydrogens (tertiary/aromatic N) is 4. The number of para-hydroxylation sites is 2. The van der Waals surface area contributed by atoms with E-state index in [1.54, 1.807) is 0 Å². The lowest BCUT2D eigenvalue weighted by Crippen LogP contribution is -2.18. The summed E-state index contributed by atoms with van der Waals surface area (Å²) < 4.78 is 7.51. The Morgan fingerprint density at radius 1 is 0.321 bits per heavy atom. The van der Waals surface area contributed by atoms with Crippen LogP contribution in [0.1, 0.15) is 186 Å². The fraction of sp³-hybridized carbons (Fsp3) is 0.312. The van der Waals surface area contributed by atoms with E-state index >= 15 is 0 Å². The van der Waals surface area contributed by atoms with Crippen LogP contribution in [-0.4, -0.2) is 13.7 Å². The molecule has 0 aliphatic heterocycles. The maximum Gasteiger partial charge on any atom is 0.0992 e. The molecule has 422 valence electrons. The van der Waals surface area contributed by atoms with Gasteiger partial charge in [0, 0.05) is 43.9 Å². The Morgan fingerprint density at radius 3 is 1.14 bits per heavy atom. The van der Waals surface area contributed by atoms with Crippen LogP contribution >= 0.6 is 0 Å². The molecule has 9 aromatic carbocycles. The van der Waals surface area contributed by atoms with Gasteiger partial charge in [-0.3, -0.25) is 0 Å². The van der Waals surface area contributed by atoms with Crippen molar-refractivity contribution in [3.8, 4) is 34.3 Å². The molecule has 1 atom stereocenters. The first-order chi connectivity index (χ1) is 39.4.